The van der Waals surface area contributed by atoms with Crippen molar-refractivity contribution in [2.75, 3.05) is 14.1 Å². The maximum atomic E-state index is 12.4. The number of hydrogen-bond acceptors (Lipinski definition) is 4. The minimum absolute atomic E-state index is 0.176. The van der Waals surface area contributed by atoms with E-state index in [1.807, 2.05) is 13.0 Å². The normalized spacial score (nSPS) is 15.6. The first-order chi connectivity index (χ1) is 10.3. The lowest BCUT2D eigenvalue weighted by atomic mass is 10.1. The quantitative estimate of drug-likeness (QED) is 0.865. The van der Waals surface area contributed by atoms with Crippen molar-refractivity contribution in [2.45, 2.75) is 50.0 Å². The molecule has 0 aliphatic heterocycles. The van der Waals surface area contributed by atoms with Crippen LogP contribution in [0.15, 0.2) is 23.1 Å². The largest absolute Gasteiger partial charge is 0.298 e. The van der Waals surface area contributed by atoms with E-state index in [1.165, 1.54) is 5.56 Å². The molecule has 1 aliphatic rings. The molecule has 0 spiro atoms. The minimum Gasteiger partial charge on any atom is -0.298 e. The molecule has 0 saturated heterocycles. The third kappa shape index (κ3) is 3.67. The van der Waals surface area contributed by atoms with Gasteiger partial charge in [0.15, 0.2) is 0 Å². The Bertz CT molecular complexity index is 653. The number of carbonyl (C=O) groups is 1. The van der Waals surface area contributed by atoms with Gasteiger partial charge in [0.1, 0.15) is 0 Å². The Balaban J connectivity index is 2.18. The van der Waals surface area contributed by atoms with Crippen molar-refractivity contribution in [3.63, 3.8) is 0 Å². The highest BCUT2D eigenvalue weighted by Crippen LogP contribution is 2.24. The van der Waals surface area contributed by atoms with E-state index in [9.17, 15) is 13.2 Å². The number of aryl methyl sites for hydroxylation is 2. The molecule has 2 rings (SSSR count). The minimum atomic E-state index is -3.80. The number of carbonyl (C=O) groups excluding carboxylic acids is 1. The molecule has 0 bridgehead atoms. The molecule has 1 aromatic rings. The van der Waals surface area contributed by atoms with E-state index in [2.05, 4.69) is 4.72 Å². The molecule has 0 radical (unpaired) electrons. The summed E-state index contributed by atoms with van der Waals surface area (Å²) >= 11 is 0. The van der Waals surface area contributed by atoms with Crippen molar-refractivity contribution < 1.29 is 13.2 Å². The van der Waals surface area contributed by atoms with Gasteiger partial charge in [-0.2, -0.15) is 0 Å². The maximum absolute atomic E-state index is 12.4. The fourth-order valence-electron chi connectivity index (χ4n) is 2.87. The highest BCUT2D eigenvalue weighted by molar-refractivity contribution is 7.90. The van der Waals surface area contributed by atoms with Crippen LogP contribution in [-0.4, -0.2) is 39.4 Å². The van der Waals surface area contributed by atoms with Crippen LogP contribution in [0.4, 0.5) is 0 Å². The molecular formula is C16H24N2O3S. The lowest BCUT2D eigenvalue weighted by Crippen LogP contribution is -2.45. The van der Waals surface area contributed by atoms with Crippen LogP contribution in [0.3, 0.4) is 0 Å². The van der Waals surface area contributed by atoms with Gasteiger partial charge in [-0.15, -0.1) is 0 Å². The Morgan fingerprint density at radius 1 is 1.27 bits per heavy atom. The van der Waals surface area contributed by atoms with Gasteiger partial charge in [-0.1, -0.05) is 19.4 Å². The molecule has 1 aliphatic carbocycles. The van der Waals surface area contributed by atoms with Crippen LogP contribution < -0.4 is 4.72 Å². The van der Waals surface area contributed by atoms with Crippen LogP contribution in [0, 0.1) is 0 Å². The zero-order valence-corrected chi connectivity index (χ0v) is 14.2. The molecule has 0 aromatic heterocycles. The summed E-state index contributed by atoms with van der Waals surface area (Å²) in [6.45, 7) is 1.97. The molecule has 1 amide bonds. The summed E-state index contributed by atoms with van der Waals surface area (Å²) in [5.74, 6) is -0.465. The summed E-state index contributed by atoms with van der Waals surface area (Å²) < 4.78 is 27.1. The number of sulfonamides is 1. The second-order valence-electron chi connectivity index (χ2n) is 6.02. The first kappa shape index (κ1) is 17.0. The van der Waals surface area contributed by atoms with E-state index in [0.29, 0.717) is 6.42 Å². The second kappa shape index (κ2) is 6.79. The van der Waals surface area contributed by atoms with Gasteiger partial charge in [-0.3, -0.25) is 9.69 Å². The molecule has 5 nitrogen and oxygen atoms in total. The predicted molar refractivity (Wildman–Crippen MR) is 86.2 cm³/mol. The van der Waals surface area contributed by atoms with Crippen LogP contribution in [0.25, 0.3) is 0 Å². The first-order valence-corrected chi connectivity index (χ1v) is 9.18. The average molecular weight is 324 g/mol. The van der Waals surface area contributed by atoms with Crippen LogP contribution in [0.2, 0.25) is 0 Å². The zero-order valence-electron chi connectivity index (χ0n) is 13.4. The Morgan fingerprint density at radius 3 is 2.59 bits per heavy atom. The Labute approximate surface area is 132 Å². The number of likely N-dealkylation sites (N-methyl/N-ethyl adjacent to an activating group) is 1. The summed E-state index contributed by atoms with van der Waals surface area (Å²) in [7, 11) is -0.245. The smallest absolute Gasteiger partial charge is 0.264 e. The van der Waals surface area contributed by atoms with Gasteiger partial charge in [0.25, 0.3) is 15.9 Å². The number of hydrogen-bond donors (Lipinski definition) is 1. The van der Waals surface area contributed by atoms with E-state index < -0.39 is 22.0 Å². The zero-order chi connectivity index (χ0) is 16.3. The van der Waals surface area contributed by atoms with Crippen molar-refractivity contribution in [1.82, 2.24) is 9.62 Å². The van der Waals surface area contributed by atoms with Crippen molar-refractivity contribution in [1.29, 1.82) is 0 Å². The maximum Gasteiger partial charge on any atom is 0.264 e. The summed E-state index contributed by atoms with van der Waals surface area (Å²) in [4.78, 5) is 14.2. The number of rotatable bonds is 6. The molecular weight excluding hydrogens is 300 g/mol. The van der Waals surface area contributed by atoms with Gasteiger partial charge in [-0.05, 0) is 63.0 Å². The monoisotopic (exact) mass is 324 g/mol. The first-order valence-electron chi connectivity index (χ1n) is 7.70. The van der Waals surface area contributed by atoms with Crippen molar-refractivity contribution in [2.24, 2.45) is 0 Å². The number of fused-ring (bicyclic) bond motifs is 1. The standard InChI is InChI=1S/C16H24N2O3S/c1-4-6-15(18(2)3)16(19)17-22(20,21)14-10-9-12-7-5-8-13(12)11-14/h9-11,15H,4-8H2,1-3H3,(H,17,19). The number of nitrogens with one attached hydrogen (secondary N) is 1. The third-order valence-electron chi connectivity index (χ3n) is 4.10. The Hall–Kier alpha value is -1.40. The van der Waals surface area contributed by atoms with Crippen LogP contribution >= 0.6 is 0 Å². The van der Waals surface area contributed by atoms with Crippen molar-refractivity contribution >= 4 is 15.9 Å². The molecule has 0 heterocycles. The fraction of sp³-hybridized carbons (Fsp3) is 0.562. The third-order valence-corrected chi connectivity index (χ3v) is 5.45. The van der Waals surface area contributed by atoms with Gasteiger partial charge in [-0.25, -0.2) is 13.1 Å². The molecule has 0 saturated carbocycles. The Morgan fingerprint density at radius 2 is 1.95 bits per heavy atom. The van der Waals surface area contributed by atoms with Crippen molar-refractivity contribution in [3.05, 3.63) is 29.3 Å². The summed E-state index contributed by atoms with van der Waals surface area (Å²) in [5, 5.41) is 0. The topological polar surface area (TPSA) is 66.5 Å². The van der Waals surface area contributed by atoms with Crippen molar-refractivity contribution in [3.8, 4) is 0 Å². The summed E-state index contributed by atoms with van der Waals surface area (Å²) in [6, 6.07) is 4.71. The van der Waals surface area contributed by atoms with Gasteiger partial charge in [0, 0.05) is 0 Å². The second-order valence-corrected chi connectivity index (χ2v) is 7.70. The SMILES string of the molecule is CCCC(C(=O)NS(=O)(=O)c1ccc2c(c1)CCC2)N(C)C. The molecule has 22 heavy (non-hydrogen) atoms. The summed E-state index contributed by atoms with van der Waals surface area (Å²) in [6.07, 6.45) is 4.40. The molecule has 122 valence electrons. The van der Waals surface area contributed by atoms with E-state index in [1.54, 1.807) is 31.1 Å². The molecule has 0 fully saturated rings. The van der Waals surface area contributed by atoms with Gasteiger partial charge >= 0.3 is 0 Å². The highest BCUT2D eigenvalue weighted by Gasteiger charge is 2.26. The van der Waals surface area contributed by atoms with Gasteiger partial charge in [0.05, 0.1) is 10.9 Å². The summed E-state index contributed by atoms with van der Waals surface area (Å²) in [5.41, 5.74) is 2.29. The fourth-order valence-corrected chi connectivity index (χ4v) is 3.94. The number of benzene rings is 1. The molecule has 1 atom stereocenters. The highest BCUT2D eigenvalue weighted by atomic mass is 32.2. The molecule has 1 aromatic carbocycles. The van der Waals surface area contributed by atoms with E-state index in [0.717, 1.165) is 31.2 Å². The lowest BCUT2D eigenvalue weighted by molar-refractivity contribution is -0.123. The van der Waals surface area contributed by atoms with E-state index in [4.69, 9.17) is 0 Å². The number of amides is 1. The van der Waals surface area contributed by atoms with E-state index in [-0.39, 0.29) is 4.90 Å². The van der Waals surface area contributed by atoms with Gasteiger partial charge in [0.2, 0.25) is 0 Å². The van der Waals surface area contributed by atoms with Crippen LogP contribution in [-0.2, 0) is 27.7 Å². The number of nitrogens with zero attached hydrogens (tertiary/aromatic N) is 1. The van der Waals surface area contributed by atoms with E-state index >= 15 is 0 Å². The lowest BCUT2D eigenvalue weighted by Gasteiger charge is -2.22. The van der Waals surface area contributed by atoms with Gasteiger partial charge < -0.3 is 0 Å². The van der Waals surface area contributed by atoms with Crippen LogP contribution in [0.5, 0.6) is 0 Å². The molecule has 1 N–H and O–H groups in total. The molecule has 1 unspecified atom stereocenters. The average Bonchev–Trinajstić information content (AvgIpc) is 2.91. The predicted octanol–water partition coefficient (Wildman–Crippen LogP) is 1.71. The molecule has 6 heteroatoms. The Kier molecular flexibility index (Phi) is 5.24. The van der Waals surface area contributed by atoms with Crippen LogP contribution in [0.1, 0.15) is 37.3 Å².